The van der Waals surface area contributed by atoms with Gasteiger partial charge in [-0.3, -0.25) is 20.2 Å². The van der Waals surface area contributed by atoms with E-state index in [1.54, 1.807) is 24.3 Å². The van der Waals surface area contributed by atoms with Crippen LogP contribution in [0.1, 0.15) is 35.3 Å². The van der Waals surface area contributed by atoms with Gasteiger partial charge in [0.15, 0.2) is 0 Å². The minimum absolute atomic E-state index is 0.121. The lowest BCUT2D eigenvalue weighted by Crippen LogP contribution is -2.47. The smallest absolute Gasteiger partial charge is 0.258 e. The zero-order valence-corrected chi connectivity index (χ0v) is 15.2. The number of carbonyl (C=O) groups is 2. The van der Waals surface area contributed by atoms with Crippen molar-refractivity contribution in [2.24, 2.45) is 4.99 Å². The number of rotatable bonds is 5. The Morgan fingerprint density at radius 2 is 2.07 bits per heavy atom. The summed E-state index contributed by atoms with van der Waals surface area (Å²) in [5, 5.41) is 5.25. The van der Waals surface area contributed by atoms with E-state index in [4.69, 9.17) is 9.47 Å². The second-order valence-electron chi connectivity index (χ2n) is 5.90. The highest BCUT2D eigenvalue weighted by Gasteiger charge is 2.26. The molecule has 0 saturated carbocycles. The Hall–Kier alpha value is -3.35. The summed E-state index contributed by atoms with van der Waals surface area (Å²) >= 11 is 0. The van der Waals surface area contributed by atoms with Gasteiger partial charge in [0, 0.05) is 11.1 Å². The molecule has 2 amide bonds. The number of para-hydroxylation sites is 1. The molecule has 0 spiro atoms. The average molecular weight is 367 g/mol. The van der Waals surface area contributed by atoms with Crippen molar-refractivity contribution in [2.75, 3.05) is 13.7 Å². The molecule has 1 aliphatic rings. The molecule has 0 fully saturated rings. The van der Waals surface area contributed by atoms with Gasteiger partial charge in [0.25, 0.3) is 5.91 Å². The number of hydrogen-bond donors (Lipinski definition) is 2. The van der Waals surface area contributed by atoms with E-state index in [0.29, 0.717) is 23.7 Å². The largest absolute Gasteiger partial charge is 0.497 e. The van der Waals surface area contributed by atoms with E-state index in [9.17, 15) is 9.59 Å². The Labute approximate surface area is 157 Å². The van der Waals surface area contributed by atoms with Crippen LogP contribution in [0.4, 0.5) is 0 Å². The first-order chi connectivity index (χ1) is 13.1. The summed E-state index contributed by atoms with van der Waals surface area (Å²) in [5.41, 5.74) is 1.21. The topological polar surface area (TPSA) is 89.0 Å². The van der Waals surface area contributed by atoms with Gasteiger partial charge in [-0.15, -0.1) is 0 Å². The van der Waals surface area contributed by atoms with E-state index >= 15 is 0 Å². The molecule has 1 aliphatic heterocycles. The second kappa shape index (κ2) is 8.35. The Balaban J connectivity index is 1.83. The number of aliphatic imine (C=N–C) groups is 1. The molecular formula is C20H21N3O4. The maximum Gasteiger partial charge on any atom is 0.258 e. The van der Waals surface area contributed by atoms with Crippen LogP contribution in [0.5, 0.6) is 11.5 Å². The van der Waals surface area contributed by atoms with E-state index in [-0.39, 0.29) is 24.2 Å². The minimum atomic E-state index is -0.429. The number of guanidine groups is 1. The third kappa shape index (κ3) is 4.44. The number of carbonyl (C=O) groups excluding carboxylic acids is 2. The normalized spacial score (nSPS) is 16.1. The summed E-state index contributed by atoms with van der Waals surface area (Å²) < 4.78 is 10.8. The first-order valence-corrected chi connectivity index (χ1v) is 8.65. The molecule has 0 aliphatic carbocycles. The maximum atomic E-state index is 12.5. The quantitative estimate of drug-likeness (QED) is 0.849. The highest BCUT2D eigenvalue weighted by atomic mass is 16.5. The summed E-state index contributed by atoms with van der Waals surface area (Å²) in [7, 11) is 1.53. The van der Waals surface area contributed by atoms with Crippen molar-refractivity contribution in [1.29, 1.82) is 0 Å². The van der Waals surface area contributed by atoms with Crippen LogP contribution in [-0.4, -0.2) is 31.5 Å². The number of ether oxygens (including phenoxy) is 2. The van der Waals surface area contributed by atoms with Crippen LogP contribution in [0.25, 0.3) is 0 Å². The van der Waals surface area contributed by atoms with Gasteiger partial charge >= 0.3 is 0 Å². The lowest BCUT2D eigenvalue weighted by atomic mass is 10.0. The van der Waals surface area contributed by atoms with Crippen molar-refractivity contribution in [1.82, 2.24) is 10.6 Å². The van der Waals surface area contributed by atoms with Crippen LogP contribution in [0.15, 0.2) is 53.5 Å². The number of nitrogens with one attached hydrogen (secondary N) is 2. The van der Waals surface area contributed by atoms with Gasteiger partial charge < -0.3 is 9.47 Å². The molecule has 0 aromatic heterocycles. The van der Waals surface area contributed by atoms with Gasteiger partial charge in [-0.25, -0.2) is 4.99 Å². The van der Waals surface area contributed by atoms with Gasteiger partial charge in [0.05, 0.1) is 26.2 Å². The molecule has 2 aromatic carbocycles. The summed E-state index contributed by atoms with van der Waals surface area (Å²) in [6.07, 6.45) is 0.183. The van der Waals surface area contributed by atoms with E-state index in [1.807, 2.05) is 31.2 Å². The first-order valence-electron chi connectivity index (χ1n) is 8.65. The lowest BCUT2D eigenvalue weighted by molar-refractivity contribution is -0.120. The zero-order chi connectivity index (χ0) is 19.2. The third-order valence-corrected chi connectivity index (χ3v) is 4.06. The number of hydrogen-bond acceptors (Lipinski definition) is 5. The maximum absolute atomic E-state index is 12.5. The Kier molecular flexibility index (Phi) is 5.71. The lowest BCUT2D eigenvalue weighted by Gasteiger charge is -2.23. The number of benzene rings is 2. The van der Waals surface area contributed by atoms with Crippen LogP contribution >= 0.6 is 0 Å². The molecule has 2 aromatic rings. The Bertz CT molecular complexity index is 879. The third-order valence-electron chi connectivity index (χ3n) is 4.06. The van der Waals surface area contributed by atoms with Crippen LogP contribution in [-0.2, 0) is 4.79 Å². The number of amides is 2. The van der Waals surface area contributed by atoms with Crippen LogP contribution in [0.2, 0.25) is 0 Å². The molecule has 1 heterocycles. The van der Waals surface area contributed by atoms with E-state index in [2.05, 4.69) is 15.6 Å². The monoisotopic (exact) mass is 367 g/mol. The fraction of sp³-hybridized carbons (Fsp3) is 0.250. The minimum Gasteiger partial charge on any atom is -0.497 e. The molecule has 0 unspecified atom stereocenters. The van der Waals surface area contributed by atoms with Gasteiger partial charge in [-0.05, 0) is 31.2 Å². The molecule has 0 saturated heterocycles. The number of nitrogens with zero attached hydrogens (tertiary/aromatic N) is 1. The zero-order valence-electron chi connectivity index (χ0n) is 15.2. The van der Waals surface area contributed by atoms with Crippen LogP contribution in [0.3, 0.4) is 0 Å². The molecule has 7 nitrogen and oxygen atoms in total. The van der Waals surface area contributed by atoms with E-state index in [0.717, 1.165) is 5.56 Å². The average Bonchev–Trinajstić information content (AvgIpc) is 2.68. The van der Waals surface area contributed by atoms with Crippen molar-refractivity contribution < 1.29 is 19.1 Å². The molecule has 2 N–H and O–H groups in total. The molecule has 1 atom stereocenters. The van der Waals surface area contributed by atoms with Crippen LogP contribution in [0, 0.1) is 0 Å². The predicted octanol–water partition coefficient (Wildman–Crippen LogP) is 2.44. The SMILES string of the molecule is CCOc1ccccc1[C@@H]1CC(=O)NC(NC(=O)c2cccc(OC)c2)=N1. The number of methoxy groups -OCH3 is 1. The molecule has 140 valence electrons. The van der Waals surface area contributed by atoms with Crippen molar-refractivity contribution >= 4 is 17.8 Å². The van der Waals surface area contributed by atoms with Crippen LogP contribution < -0.4 is 20.1 Å². The molecule has 0 radical (unpaired) electrons. The van der Waals surface area contributed by atoms with Gasteiger partial charge in [-0.1, -0.05) is 24.3 Å². The first kappa shape index (κ1) is 18.4. The summed E-state index contributed by atoms with van der Waals surface area (Å²) in [4.78, 5) is 29.1. The standard InChI is InChI=1S/C20H21N3O4/c1-3-27-17-10-5-4-9-15(17)16-12-18(24)22-20(21-16)23-19(25)13-7-6-8-14(11-13)26-2/h4-11,16H,3,12H2,1-2H3,(H2,21,22,23,24,25)/t16-/m0/s1. The van der Waals surface area contributed by atoms with Gasteiger partial charge in [-0.2, -0.15) is 0 Å². The Morgan fingerprint density at radius 3 is 2.85 bits per heavy atom. The summed E-state index contributed by atoms with van der Waals surface area (Å²) in [6, 6.07) is 13.8. The second-order valence-corrected chi connectivity index (χ2v) is 5.90. The van der Waals surface area contributed by atoms with Crippen molar-refractivity contribution in [3.63, 3.8) is 0 Å². The summed E-state index contributed by atoms with van der Waals surface area (Å²) in [6.45, 7) is 2.41. The molecule has 7 heteroatoms. The van der Waals surface area contributed by atoms with Gasteiger partial charge in [0.1, 0.15) is 11.5 Å². The highest BCUT2D eigenvalue weighted by molar-refractivity contribution is 6.10. The fourth-order valence-electron chi connectivity index (χ4n) is 2.82. The Morgan fingerprint density at radius 1 is 1.26 bits per heavy atom. The molecule has 3 rings (SSSR count). The van der Waals surface area contributed by atoms with Crippen molar-refractivity contribution in [3.8, 4) is 11.5 Å². The molecule has 0 bridgehead atoms. The highest BCUT2D eigenvalue weighted by Crippen LogP contribution is 2.31. The van der Waals surface area contributed by atoms with E-state index in [1.165, 1.54) is 7.11 Å². The molecular weight excluding hydrogens is 346 g/mol. The van der Waals surface area contributed by atoms with E-state index < -0.39 is 6.04 Å². The molecule has 27 heavy (non-hydrogen) atoms. The fourth-order valence-corrected chi connectivity index (χ4v) is 2.82. The van der Waals surface area contributed by atoms with Crippen molar-refractivity contribution in [3.05, 3.63) is 59.7 Å². The summed E-state index contributed by atoms with van der Waals surface area (Å²) in [5.74, 6) is 0.770. The van der Waals surface area contributed by atoms with Crippen molar-refractivity contribution in [2.45, 2.75) is 19.4 Å². The van der Waals surface area contributed by atoms with Gasteiger partial charge in [0.2, 0.25) is 11.9 Å². The predicted molar refractivity (Wildman–Crippen MR) is 101 cm³/mol.